The molecule has 2 N–H and O–H groups in total. The summed E-state index contributed by atoms with van der Waals surface area (Å²) in [6.07, 6.45) is 0.805. The van der Waals surface area contributed by atoms with Crippen LogP contribution in [0.5, 0.6) is 0 Å². The van der Waals surface area contributed by atoms with Gasteiger partial charge in [-0.2, -0.15) is 4.98 Å². The highest BCUT2D eigenvalue weighted by atomic mass is 16.5. The summed E-state index contributed by atoms with van der Waals surface area (Å²) >= 11 is 0. The minimum absolute atomic E-state index is 0.561. The molecule has 102 valence electrons. The molecule has 0 aliphatic rings. The lowest BCUT2D eigenvalue weighted by Crippen LogP contribution is -2.22. The molecule has 0 saturated carbocycles. The standard InChI is InChI=1S/C14H20N4O/c1-3-18(4-2)14-16-13(19-17-14)12-8-6-5-7-11(12)9-10-15/h5-8H,3-4,9-10,15H2,1-2H3. The van der Waals surface area contributed by atoms with E-state index in [-0.39, 0.29) is 0 Å². The summed E-state index contributed by atoms with van der Waals surface area (Å²) in [7, 11) is 0. The number of hydrogen-bond donors (Lipinski definition) is 1. The Morgan fingerprint density at radius 1 is 1.21 bits per heavy atom. The van der Waals surface area contributed by atoms with E-state index in [2.05, 4.69) is 28.9 Å². The Hall–Kier alpha value is -1.88. The van der Waals surface area contributed by atoms with Crippen molar-refractivity contribution in [3.05, 3.63) is 29.8 Å². The predicted octanol–water partition coefficient (Wildman–Crippen LogP) is 2.08. The fourth-order valence-corrected chi connectivity index (χ4v) is 2.06. The van der Waals surface area contributed by atoms with Crippen LogP contribution in [0.2, 0.25) is 0 Å². The van der Waals surface area contributed by atoms with Crippen molar-refractivity contribution in [1.29, 1.82) is 0 Å². The zero-order valence-corrected chi connectivity index (χ0v) is 11.5. The van der Waals surface area contributed by atoms with Crippen LogP contribution in [0, 0.1) is 0 Å². The van der Waals surface area contributed by atoms with Crippen molar-refractivity contribution >= 4 is 5.95 Å². The number of benzene rings is 1. The first-order valence-corrected chi connectivity index (χ1v) is 6.67. The van der Waals surface area contributed by atoms with Crippen molar-refractivity contribution in [3.8, 4) is 11.5 Å². The third-order valence-corrected chi connectivity index (χ3v) is 3.12. The molecule has 0 radical (unpaired) electrons. The molecule has 0 amide bonds. The molecule has 0 spiro atoms. The van der Waals surface area contributed by atoms with Crippen molar-refractivity contribution in [2.45, 2.75) is 20.3 Å². The molecular weight excluding hydrogens is 240 g/mol. The van der Waals surface area contributed by atoms with Crippen molar-refractivity contribution in [2.24, 2.45) is 5.73 Å². The van der Waals surface area contributed by atoms with E-state index in [0.29, 0.717) is 18.4 Å². The fraction of sp³-hybridized carbons (Fsp3) is 0.429. The summed E-state index contributed by atoms with van der Waals surface area (Å²) in [5.74, 6) is 1.20. The molecule has 0 bridgehead atoms. The monoisotopic (exact) mass is 260 g/mol. The SMILES string of the molecule is CCN(CC)c1noc(-c2ccccc2CCN)n1. The third kappa shape index (κ3) is 2.93. The fourth-order valence-electron chi connectivity index (χ4n) is 2.06. The van der Waals surface area contributed by atoms with Crippen LogP contribution in [0.25, 0.3) is 11.5 Å². The Balaban J connectivity index is 2.32. The molecule has 1 aromatic heterocycles. The lowest BCUT2D eigenvalue weighted by atomic mass is 10.0. The molecule has 0 aliphatic carbocycles. The summed E-state index contributed by atoms with van der Waals surface area (Å²) in [5, 5.41) is 4.04. The summed E-state index contributed by atoms with van der Waals surface area (Å²) in [6, 6.07) is 8.00. The van der Waals surface area contributed by atoms with Crippen LogP contribution in [0.1, 0.15) is 19.4 Å². The smallest absolute Gasteiger partial charge is 0.266 e. The summed E-state index contributed by atoms with van der Waals surface area (Å²) < 4.78 is 5.38. The molecule has 19 heavy (non-hydrogen) atoms. The van der Waals surface area contributed by atoms with E-state index in [1.807, 2.05) is 24.3 Å². The van der Waals surface area contributed by atoms with E-state index < -0.39 is 0 Å². The van der Waals surface area contributed by atoms with Gasteiger partial charge in [-0.25, -0.2) is 0 Å². The first-order valence-electron chi connectivity index (χ1n) is 6.67. The summed E-state index contributed by atoms with van der Waals surface area (Å²) in [6.45, 7) is 6.47. The van der Waals surface area contributed by atoms with Gasteiger partial charge in [0.1, 0.15) is 0 Å². The molecule has 0 aliphatic heterocycles. The average Bonchev–Trinajstić information content (AvgIpc) is 2.91. The van der Waals surface area contributed by atoms with E-state index in [1.165, 1.54) is 0 Å². The topological polar surface area (TPSA) is 68.2 Å². The normalized spacial score (nSPS) is 10.7. The van der Waals surface area contributed by atoms with E-state index >= 15 is 0 Å². The van der Waals surface area contributed by atoms with Gasteiger partial charge in [-0.15, -0.1) is 0 Å². The molecule has 2 rings (SSSR count). The maximum absolute atomic E-state index is 5.63. The van der Waals surface area contributed by atoms with Gasteiger partial charge in [0.05, 0.1) is 0 Å². The molecule has 5 heteroatoms. The molecule has 0 fully saturated rings. The second-order valence-corrected chi connectivity index (χ2v) is 4.27. The Bertz CT molecular complexity index is 520. The summed E-state index contributed by atoms with van der Waals surface area (Å²) in [4.78, 5) is 6.53. The van der Waals surface area contributed by atoms with Crippen LogP contribution in [-0.4, -0.2) is 29.8 Å². The van der Waals surface area contributed by atoms with E-state index in [0.717, 1.165) is 30.6 Å². The minimum atomic E-state index is 0.561. The van der Waals surface area contributed by atoms with Gasteiger partial charge in [0.2, 0.25) is 0 Å². The van der Waals surface area contributed by atoms with E-state index in [9.17, 15) is 0 Å². The molecule has 1 heterocycles. The average molecular weight is 260 g/mol. The third-order valence-electron chi connectivity index (χ3n) is 3.12. The number of rotatable bonds is 6. The van der Waals surface area contributed by atoms with Crippen molar-refractivity contribution in [2.75, 3.05) is 24.5 Å². The van der Waals surface area contributed by atoms with Gasteiger partial charge < -0.3 is 15.2 Å². The summed E-state index contributed by atoms with van der Waals surface area (Å²) in [5.41, 5.74) is 7.74. The second-order valence-electron chi connectivity index (χ2n) is 4.27. The number of nitrogens with zero attached hydrogens (tertiary/aromatic N) is 3. The molecule has 0 saturated heterocycles. The van der Waals surface area contributed by atoms with Crippen LogP contribution < -0.4 is 10.6 Å². The highest BCUT2D eigenvalue weighted by Gasteiger charge is 2.14. The molecular formula is C14H20N4O. The zero-order chi connectivity index (χ0) is 13.7. The van der Waals surface area contributed by atoms with E-state index in [4.69, 9.17) is 10.3 Å². The Kier molecular flexibility index (Phi) is 4.52. The number of anilines is 1. The van der Waals surface area contributed by atoms with Gasteiger partial charge in [-0.1, -0.05) is 18.2 Å². The van der Waals surface area contributed by atoms with Gasteiger partial charge >= 0.3 is 0 Å². The van der Waals surface area contributed by atoms with Crippen molar-refractivity contribution in [1.82, 2.24) is 10.1 Å². The molecule has 0 atom stereocenters. The zero-order valence-electron chi connectivity index (χ0n) is 11.5. The number of aromatic nitrogens is 2. The Morgan fingerprint density at radius 2 is 1.95 bits per heavy atom. The van der Waals surface area contributed by atoms with Gasteiger partial charge in [0.25, 0.3) is 11.8 Å². The van der Waals surface area contributed by atoms with Gasteiger partial charge in [-0.3, -0.25) is 0 Å². The minimum Gasteiger partial charge on any atom is -0.339 e. The van der Waals surface area contributed by atoms with Crippen LogP contribution in [-0.2, 0) is 6.42 Å². The Labute approximate surface area is 113 Å². The van der Waals surface area contributed by atoms with Crippen molar-refractivity contribution in [3.63, 3.8) is 0 Å². The van der Waals surface area contributed by atoms with Crippen molar-refractivity contribution < 1.29 is 4.52 Å². The van der Waals surface area contributed by atoms with Crippen LogP contribution >= 0.6 is 0 Å². The highest BCUT2D eigenvalue weighted by Crippen LogP contribution is 2.24. The quantitative estimate of drug-likeness (QED) is 0.861. The van der Waals surface area contributed by atoms with Crippen LogP contribution in [0.15, 0.2) is 28.8 Å². The predicted molar refractivity (Wildman–Crippen MR) is 76.1 cm³/mol. The maximum Gasteiger partial charge on any atom is 0.266 e. The van der Waals surface area contributed by atoms with Crippen LogP contribution in [0.3, 0.4) is 0 Å². The van der Waals surface area contributed by atoms with E-state index in [1.54, 1.807) is 0 Å². The van der Waals surface area contributed by atoms with Crippen LogP contribution in [0.4, 0.5) is 5.95 Å². The van der Waals surface area contributed by atoms with Gasteiger partial charge in [-0.05, 0) is 43.6 Å². The molecule has 0 unspecified atom stereocenters. The first kappa shape index (κ1) is 13.5. The number of hydrogen-bond acceptors (Lipinski definition) is 5. The lowest BCUT2D eigenvalue weighted by Gasteiger charge is -2.14. The number of nitrogens with two attached hydrogens (primary N) is 1. The largest absolute Gasteiger partial charge is 0.339 e. The highest BCUT2D eigenvalue weighted by molar-refractivity contribution is 5.59. The maximum atomic E-state index is 5.63. The van der Waals surface area contributed by atoms with Gasteiger partial charge in [0, 0.05) is 18.7 Å². The molecule has 2 aromatic rings. The Morgan fingerprint density at radius 3 is 2.63 bits per heavy atom. The van der Waals surface area contributed by atoms with Gasteiger partial charge in [0.15, 0.2) is 0 Å². The molecule has 1 aromatic carbocycles. The lowest BCUT2D eigenvalue weighted by molar-refractivity contribution is 0.429. The molecule has 5 nitrogen and oxygen atoms in total. The first-order chi connectivity index (χ1) is 9.30. The second kappa shape index (κ2) is 6.33.